The van der Waals surface area contributed by atoms with E-state index in [4.69, 9.17) is 4.74 Å². The minimum Gasteiger partial charge on any atom is -0.381 e. The molecule has 0 radical (unpaired) electrons. The zero-order chi connectivity index (χ0) is 10.6. The fourth-order valence-corrected chi connectivity index (χ4v) is 2.12. The second kappa shape index (κ2) is 5.16. The fraction of sp³-hybridized carbons (Fsp3) is 1.00. The van der Waals surface area contributed by atoms with E-state index in [9.17, 15) is 0 Å². The molecule has 0 heterocycles. The van der Waals surface area contributed by atoms with Crippen molar-refractivity contribution >= 4 is 0 Å². The minimum atomic E-state index is 0.676. The molecule has 1 saturated carbocycles. The molecule has 0 atom stereocenters. The van der Waals surface area contributed by atoms with E-state index < -0.39 is 0 Å². The van der Waals surface area contributed by atoms with Crippen LogP contribution in [-0.2, 0) is 4.74 Å². The summed E-state index contributed by atoms with van der Waals surface area (Å²) in [4.78, 5) is 0. The Morgan fingerprint density at radius 3 is 2.21 bits per heavy atom. The zero-order valence-corrected chi connectivity index (χ0v) is 10.3. The first-order valence-electron chi connectivity index (χ1n) is 6.14. The summed E-state index contributed by atoms with van der Waals surface area (Å²) in [6.07, 6.45) is 5.54. The van der Waals surface area contributed by atoms with Crippen LogP contribution in [0, 0.1) is 17.3 Å². The maximum atomic E-state index is 5.60. The Balaban J connectivity index is 1.99. The van der Waals surface area contributed by atoms with Gasteiger partial charge in [-0.2, -0.15) is 0 Å². The molecule has 0 amide bonds. The summed E-state index contributed by atoms with van der Waals surface area (Å²) < 4.78 is 5.60. The fourth-order valence-electron chi connectivity index (χ4n) is 2.12. The SMILES string of the molecule is CC(C)COCCCC1(C(C)C)CC1. The lowest BCUT2D eigenvalue weighted by Gasteiger charge is -2.19. The van der Waals surface area contributed by atoms with Gasteiger partial charge in [-0.15, -0.1) is 0 Å². The van der Waals surface area contributed by atoms with Crippen molar-refractivity contribution in [1.29, 1.82) is 0 Å². The van der Waals surface area contributed by atoms with E-state index in [2.05, 4.69) is 27.7 Å². The van der Waals surface area contributed by atoms with E-state index in [1.807, 2.05) is 0 Å². The molecule has 0 aromatic rings. The molecule has 0 saturated heterocycles. The lowest BCUT2D eigenvalue weighted by molar-refractivity contribution is 0.100. The summed E-state index contributed by atoms with van der Waals surface area (Å²) in [7, 11) is 0. The smallest absolute Gasteiger partial charge is 0.0488 e. The molecule has 0 bridgehead atoms. The zero-order valence-electron chi connectivity index (χ0n) is 10.3. The highest BCUT2D eigenvalue weighted by molar-refractivity contribution is 4.94. The van der Waals surface area contributed by atoms with Gasteiger partial charge in [0.05, 0.1) is 0 Å². The lowest BCUT2D eigenvalue weighted by Crippen LogP contribution is -2.11. The molecule has 1 nitrogen and oxygen atoms in total. The van der Waals surface area contributed by atoms with Gasteiger partial charge in [0.25, 0.3) is 0 Å². The minimum absolute atomic E-state index is 0.676. The van der Waals surface area contributed by atoms with Gasteiger partial charge in [0, 0.05) is 13.2 Å². The van der Waals surface area contributed by atoms with Crippen molar-refractivity contribution in [3.05, 3.63) is 0 Å². The second-order valence-electron chi connectivity index (χ2n) is 5.59. The van der Waals surface area contributed by atoms with Gasteiger partial charge in [-0.3, -0.25) is 0 Å². The highest BCUT2D eigenvalue weighted by Gasteiger charge is 2.44. The Morgan fingerprint density at radius 2 is 1.79 bits per heavy atom. The number of hydrogen-bond acceptors (Lipinski definition) is 1. The molecule has 84 valence electrons. The third-order valence-corrected chi connectivity index (χ3v) is 3.53. The third kappa shape index (κ3) is 3.61. The van der Waals surface area contributed by atoms with Gasteiger partial charge in [0.1, 0.15) is 0 Å². The van der Waals surface area contributed by atoms with Gasteiger partial charge in [-0.1, -0.05) is 27.7 Å². The highest BCUT2D eigenvalue weighted by Crippen LogP contribution is 2.55. The molecule has 1 aliphatic rings. The van der Waals surface area contributed by atoms with Crippen molar-refractivity contribution in [3.63, 3.8) is 0 Å². The quantitative estimate of drug-likeness (QED) is 0.564. The standard InChI is InChI=1S/C13H26O/c1-11(2)10-14-9-5-6-13(7-8-13)12(3)4/h11-12H,5-10H2,1-4H3. The summed E-state index contributed by atoms with van der Waals surface area (Å²) in [6.45, 7) is 11.0. The summed E-state index contributed by atoms with van der Waals surface area (Å²) in [5.74, 6) is 1.54. The molecule has 0 aromatic heterocycles. The van der Waals surface area contributed by atoms with Crippen LogP contribution in [0.5, 0.6) is 0 Å². The van der Waals surface area contributed by atoms with Gasteiger partial charge in [-0.25, -0.2) is 0 Å². The van der Waals surface area contributed by atoms with E-state index >= 15 is 0 Å². The van der Waals surface area contributed by atoms with Crippen molar-refractivity contribution in [2.45, 2.75) is 53.4 Å². The van der Waals surface area contributed by atoms with Gasteiger partial charge in [0.15, 0.2) is 0 Å². The largest absolute Gasteiger partial charge is 0.381 e. The topological polar surface area (TPSA) is 9.23 Å². The van der Waals surface area contributed by atoms with Gasteiger partial charge < -0.3 is 4.74 Å². The summed E-state index contributed by atoms with van der Waals surface area (Å²) in [5, 5.41) is 0. The molecule has 1 rings (SSSR count). The molecule has 0 N–H and O–H groups in total. The number of rotatable bonds is 7. The van der Waals surface area contributed by atoms with Crippen LogP contribution in [0.1, 0.15) is 53.4 Å². The van der Waals surface area contributed by atoms with Gasteiger partial charge in [0.2, 0.25) is 0 Å². The summed E-state index contributed by atoms with van der Waals surface area (Å²) in [5.41, 5.74) is 0.710. The van der Waals surface area contributed by atoms with E-state index in [1.54, 1.807) is 0 Å². The average molecular weight is 198 g/mol. The molecule has 0 aliphatic heterocycles. The molecule has 0 aromatic carbocycles. The number of ether oxygens (including phenoxy) is 1. The normalized spacial score (nSPS) is 19.3. The Bertz CT molecular complexity index is 157. The Hall–Kier alpha value is -0.0400. The maximum Gasteiger partial charge on any atom is 0.0488 e. The van der Waals surface area contributed by atoms with E-state index in [1.165, 1.54) is 25.7 Å². The van der Waals surface area contributed by atoms with Crippen LogP contribution < -0.4 is 0 Å². The Morgan fingerprint density at radius 1 is 1.14 bits per heavy atom. The lowest BCUT2D eigenvalue weighted by atomic mass is 9.88. The molecule has 0 spiro atoms. The number of hydrogen-bond donors (Lipinski definition) is 0. The average Bonchev–Trinajstić information content (AvgIpc) is 2.84. The first-order valence-corrected chi connectivity index (χ1v) is 6.14. The molecule has 0 unspecified atom stereocenters. The molecular formula is C13H26O. The maximum absolute atomic E-state index is 5.60. The van der Waals surface area contributed by atoms with Crippen molar-refractivity contribution in [2.75, 3.05) is 13.2 Å². The van der Waals surface area contributed by atoms with Crippen molar-refractivity contribution in [1.82, 2.24) is 0 Å². The molecule has 14 heavy (non-hydrogen) atoms. The van der Waals surface area contributed by atoms with Crippen LogP contribution in [0.15, 0.2) is 0 Å². The monoisotopic (exact) mass is 198 g/mol. The predicted octanol–water partition coefficient (Wildman–Crippen LogP) is 3.88. The van der Waals surface area contributed by atoms with Crippen LogP contribution in [0.4, 0.5) is 0 Å². The Kier molecular flexibility index (Phi) is 4.43. The Labute approximate surface area is 89.2 Å². The predicted molar refractivity (Wildman–Crippen MR) is 61.4 cm³/mol. The van der Waals surface area contributed by atoms with Crippen molar-refractivity contribution in [2.24, 2.45) is 17.3 Å². The highest BCUT2D eigenvalue weighted by atomic mass is 16.5. The third-order valence-electron chi connectivity index (χ3n) is 3.53. The van der Waals surface area contributed by atoms with Gasteiger partial charge >= 0.3 is 0 Å². The van der Waals surface area contributed by atoms with Crippen LogP contribution >= 0.6 is 0 Å². The van der Waals surface area contributed by atoms with E-state index in [0.29, 0.717) is 11.3 Å². The molecule has 1 fully saturated rings. The first kappa shape index (κ1) is 12.0. The summed E-state index contributed by atoms with van der Waals surface area (Å²) >= 11 is 0. The van der Waals surface area contributed by atoms with Crippen LogP contribution in [0.25, 0.3) is 0 Å². The van der Waals surface area contributed by atoms with Crippen LogP contribution in [-0.4, -0.2) is 13.2 Å². The van der Waals surface area contributed by atoms with E-state index in [-0.39, 0.29) is 0 Å². The van der Waals surface area contributed by atoms with Crippen LogP contribution in [0.2, 0.25) is 0 Å². The van der Waals surface area contributed by atoms with Crippen molar-refractivity contribution in [3.8, 4) is 0 Å². The van der Waals surface area contributed by atoms with Gasteiger partial charge in [-0.05, 0) is 42.9 Å². The van der Waals surface area contributed by atoms with Crippen LogP contribution in [0.3, 0.4) is 0 Å². The van der Waals surface area contributed by atoms with E-state index in [0.717, 1.165) is 19.1 Å². The second-order valence-corrected chi connectivity index (χ2v) is 5.59. The molecule has 1 aliphatic carbocycles. The first-order chi connectivity index (χ1) is 6.57. The van der Waals surface area contributed by atoms with Crippen molar-refractivity contribution < 1.29 is 4.74 Å². The summed E-state index contributed by atoms with van der Waals surface area (Å²) in [6, 6.07) is 0. The molecular weight excluding hydrogens is 172 g/mol. The molecule has 1 heteroatoms.